The van der Waals surface area contributed by atoms with Crippen molar-refractivity contribution in [1.82, 2.24) is 0 Å². The van der Waals surface area contributed by atoms with E-state index in [9.17, 15) is 9.59 Å². The molecule has 8 heteroatoms. The number of halogens is 1. The maximum absolute atomic E-state index is 12.3. The molecule has 0 fully saturated rings. The molecule has 1 aromatic carbocycles. The Hall–Kier alpha value is -2.06. The predicted octanol–water partition coefficient (Wildman–Crippen LogP) is 2.28. The van der Waals surface area contributed by atoms with Gasteiger partial charge in [0.05, 0.1) is 37.8 Å². The number of hydrogen-bond acceptors (Lipinski definition) is 7. The number of benzene rings is 1. The van der Waals surface area contributed by atoms with E-state index in [1.54, 1.807) is 4.90 Å². The second-order valence-electron chi connectivity index (χ2n) is 4.91. The molecule has 1 aliphatic heterocycles. The molecule has 0 aromatic heterocycles. The molecule has 0 atom stereocenters. The molecule has 0 amide bonds. The smallest absolute Gasteiger partial charge is 0.355 e. The van der Waals surface area contributed by atoms with Crippen LogP contribution in [-0.2, 0) is 23.8 Å². The first-order valence-electron chi connectivity index (χ1n) is 7.32. The van der Waals surface area contributed by atoms with Crippen LogP contribution in [0.15, 0.2) is 33.9 Å². The van der Waals surface area contributed by atoms with Crippen LogP contribution in [-0.4, -0.2) is 46.0 Å². The molecule has 0 bridgehead atoms. The molecular weight excluding hydrogens is 380 g/mol. The van der Waals surface area contributed by atoms with Gasteiger partial charge in [-0.1, -0.05) is 15.9 Å². The molecule has 0 spiro atoms. The second-order valence-corrected chi connectivity index (χ2v) is 5.82. The van der Waals surface area contributed by atoms with Gasteiger partial charge in [0.2, 0.25) is 0 Å². The van der Waals surface area contributed by atoms with E-state index in [2.05, 4.69) is 21.2 Å². The molecule has 7 nitrogen and oxygen atoms in total. The van der Waals surface area contributed by atoms with Crippen LogP contribution < -0.4 is 10.2 Å². The van der Waals surface area contributed by atoms with E-state index >= 15 is 0 Å². The number of anilines is 2. The van der Waals surface area contributed by atoms with Gasteiger partial charge in [0.1, 0.15) is 12.4 Å². The Labute approximate surface area is 148 Å². The SMILES string of the molecule is CCNc1ccc(Br)cc1N1COCC(C(=O)OC)=C1C(=O)OC. The molecule has 1 N–H and O–H groups in total. The Balaban J connectivity index is 2.61. The number of ether oxygens (including phenoxy) is 3. The van der Waals surface area contributed by atoms with Gasteiger partial charge in [0.15, 0.2) is 0 Å². The van der Waals surface area contributed by atoms with E-state index in [1.165, 1.54) is 14.2 Å². The van der Waals surface area contributed by atoms with Crippen molar-refractivity contribution in [3.63, 3.8) is 0 Å². The summed E-state index contributed by atoms with van der Waals surface area (Å²) in [7, 11) is 2.52. The summed E-state index contributed by atoms with van der Waals surface area (Å²) in [5.41, 5.74) is 1.73. The van der Waals surface area contributed by atoms with E-state index in [0.29, 0.717) is 12.2 Å². The minimum absolute atomic E-state index is 0.0157. The van der Waals surface area contributed by atoms with Gasteiger partial charge in [0, 0.05) is 11.0 Å². The van der Waals surface area contributed by atoms with Gasteiger partial charge < -0.3 is 24.4 Å². The fourth-order valence-electron chi connectivity index (χ4n) is 2.40. The maximum atomic E-state index is 12.3. The number of carbonyl (C=O) groups excluding carboxylic acids is 2. The van der Waals surface area contributed by atoms with Crippen molar-refractivity contribution in [2.24, 2.45) is 0 Å². The second kappa shape index (κ2) is 8.16. The monoisotopic (exact) mass is 398 g/mol. The molecule has 1 heterocycles. The standard InChI is InChI=1S/C16H19BrN2O5/c1-4-18-12-6-5-10(17)7-13(12)19-9-24-8-11(15(20)22-2)14(19)16(21)23-3/h5-7,18H,4,8-9H2,1-3H3. The normalized spacial score (nSPS) is 14.4. The lowest BCUT2D eigenvalue weighted by Gasteiger charge is -2.32. The lowest BCUT2D eigenvalue weighted by Crippen LogP contribution is -2.39. The highest BCUT2D eigenvalue weighted by Gasteiger charge is 2.33. The zero-order valence-corrected chi connectivity index (χ0v) is 15.3. The minimum atomic E-state index is -0.625. The van der Waals surface area contributed by atoms with Crippen LogP contribution in [0.4, 0.5) is 11.4 Å². The van der Waals surface area contributed by atoms with E-state index in [1.807, 2.05) is 25.1 Å². The summed E-state index contributed by atoms with van der Waals surface area (Å²) in [4.78, 5) is 26.0. The average molecular weight is 399 g/mol. The zero-order chi connectivity index (χ0) is 17.7. The molecule has 0 radical (unpaired) electrons. The van der Waals surface area contributed by atoms with Gasteiger partial charge in [-0.15, -0.1) is 0 Å². The summed E-state index contributed by atoms with van der Waals surface area (Å²) in [5, 5.41) is 3.23. The number of nitrogens with zero attached hydrogens (tertiary/aromatic N) is 1. The molecule has 0 unspecified atom stereocenters. The minimum Gasteiger partial charge on any atom is -0.466 e. The maximum Gasteiger partial charge on any atom is 0.355 e. The number of hydrogen-bond donors (Lipinski definition) is 1. The van der Waals surface area contributed by atoms with Crippen molar-refractivity contribution in [1.29, 1.82) is 0 Å². The van der Waals surface area contributed by atoms with Crippen molar-refractivity contribution in [3.8, 4) is 0 Å². The Kier molecular flexibility index (Phi) is 6.22. The third-order valence-corrected chi connectivity index (χ3v) is 3.94. The number of carbonyl (C=O) groups is 2. The van der Waals surface area contributed by atoms with Crippen LogP contribution in [0.3, 0.4) is 0 Å². The third-order valence-electron chi connectivity index (χ3n) is 3.45. The quantitative estimate of drug-likeness (QED) is 0.762. The van der Waals surface area contributed by atoms with Gasteiger partial charge in [-0.25, -0.2) is 9.59 Å². The first-order chi connectivity index (χ1) is 11.5. The summed E-state index contributed by atoms with van der Waals surface area (Å²) in [6.07, 6.45) is 0. The Bertz CT molecular complexity index is 674. The summed E-state index contributed by atoms with van der Waals surface area (Å²) < 4.78 is 15.9. The summed E-state index contributed by atoms with van der Waals surface area (Å²) in [6.45, 7) is 2.76. The Morgan fingerprint density at radius 3 is 2.62 bits per heavy atom. The fraction of sp³-hybridized carbons (Fsp3) is 0.375. The Morgan fingerprint density at radius 2 is 2.00 bits per heavy atom. The zero-order valence-electron chi connectivity index (χ0n) is 13.7. The van der Waals surface area contributed by atoms with Crippen LogP contribution in [0.2, 0.25) is 0 Å². The first-order valence-corrected chi connectivity index (χ1v) is 8.11. The van der Waals surface area contributed by atoms with Crippen molar-refractivity contribution in [2.75, 3.05) is 44.3 Å². The van der Waals surface area contributed by atoms with Crippen LogP contribution in [0.5, 0.6) is 0 Å². The first kappa shape index (κ1) is 18.3. The van der Waals surface area contributed by atoms with Crippen molar-refractivity contribution >= 4 is 39.2 Å². The summed E-state index contributed by atoms with van der Waals surface area (Å²) in [5.74, 6) is -1.25. The number of esters is 2. The average Bonchev–Trinajstić information content (AvgIpc) is 2.61. The van der Waals surface area contributed by atoms with Gasteiger partial charge >= 0.3 is 11.9 Å². The fourth-order valence-corrected chi connectivity index (χ4v) is 2.75. The van der Waals surface area contributed by atoms with E-state index in [-0.39, 0.29) is 24.6 Å². The van der Waals surface area contributed by atoms with Gasteiger partial charge in [0.25, 0.3) is 0 Å². The van der Waals surface area contributed by atoms with Crippen molar-refractivity contribution in [2.45, 2.75) is 6.92 Å². The Morgan fingerprint density at radius 1 is 1.29 bits per heavy atom. The van der Waals surface area contributed by atoms with Crippen molar-refractivity contribution in [3.05, 3.63) is 33.9 Å². The number of methoxy groups -OCH3 is 2. The highest BCUT2D eigenvalue weighted by molar-refractivity contribution is 9.10. The summed E-state index contributed by atoms with van der Waals surface area (Å²) >= 11 is 3.43. The molecule has 1 aliphatic rings. The molecule has 130 valence electrons. The topological polar surface area (TPSA) is 77.1 Å². The van der Waals surface area contributed by atoms with E-state index < -0.39 is 11.9 Å². The van der Waals surface area contributed by atoms with E-state index in [4.69, 9.17) is 14.2 Å². The molecule has 0 saturated heterocycles. The lowest BCUT2D eigenvalue weighted by molar-refractivity contribution is -0.140. The van der Waals surface area contributed by atoms with Crippen LogP contribution in [0.1, 0.15) is 6.92 Å². The highest BCUT2D eigenvalue weighted by atomic mass is 79.9. The van der Waals surface area contributed by atoms with Crippen LogP contribution in [0, 0.1) is 0 Å². The predicted molar refractivity (Wildman–Crippen MR) is 92.7 cm³/mol. The van der Waals surface area contributed by atoms with E-state index in [0.717, 1.165) is 10.2 Å². The third kappa shape index (κ3) is 3.70. The highest BCUT2D eigenvalue weighted by Crippen LogP contribution is 2.34. The molecule has 1 aromatic rings. The number of nitrogens with one attached hydrogen (secondary N) is 1. The van der Waals surface area contributed by atoms with Gasteiger partial charge in [-0.3, -0.25) is 0 Å². The van der Waals surface area contributed by atoms with Crippen LogP contribution in [0.25, 0.3) is 0 Å². The molecule has 0 saturated carbocycles. The molecule has 0 aliphatic carbocycles. The van der Waals surface area contributed by atoms with Gasteiger partial charge in [-0.2, -0.15) is 0 Å². The molecule has 24 heavy (non-hydrogen) atoms. The van der Waals surface area contributed by atoms with Crippen LogP contribution >= 0.6 is 15.9 Å². The lowest BCUT2D eigenvalue weighted by atomic mass is 10.1. The largest absolute Gasteiger partial charge is 0.466 e. The molecule has 2 rings (SSSR count). The van der Waals surface area contributed by atoms with Gasteiger partial charge in [-0.05, 0) is 25.1 Å². The molecular formula is C16H19BrN2O5. The summed E-state index contributed by atoms with van der Waals surface area (Å²) in [6, 6.07) is 5.60. The number of rotatable bonds is 5. The van der Waals surface area contributed by atoms with Crippen molar-refractivity contribution < 1.29 is 23.8 Å².